The molecule has 0 aromatic heterocycles. The summed E-state index contributed by atoms with van der Waals surface area (Å²) in [6.45, 7) is 1.95. The predicted molar refractivity (Wildman–Crippen MR) is 71.7 cm³/mol. The molecule has 0 N–H and O–H groups in total. The number of alkyl halides is 1. The van der Waals surface area contributed by atoms with Crippen LogP contribution in [-0.2, 0) is 10.6 Å². The Kier molecular flexibility index (Phi) is 4.99. The van der Waals surface area contributed by atoms with Crippen LogP contribution in [-0.4, -0.2) is 24.7 Å². The third kappa shape index (κ3) is 3.81. The van der Waals surface area contributed by atoms with Gasteiger partial charge in [-0.25, -0.2) is 0 Å². The Labute approximate surface area is 116 Å². The molecule has 0 spiro atoms. The van der Waals surface area contributed by atoms with Crippen molar-refractivity contribution in [1.82, 2.24) is 0 Å². The first-order valence-electron chi connectivity index (χ1n) is 6.24. The van der Waals surface area contributed by atoms with E-state index in [1.807, 2.05) is 0 Å². The van der Waals surface area contributed by atoms with Crippen molar-refractivity contribution in [3.8, 4) is 5.75 Å². The first-order chi connectivity index (χ1) is 9.20. The summed E-state index contributed by atoms with van der Waals surface area (Å²) in [6.07, 6.45) is 1.87. The summed E-state index contributed by atoms with van der Waals surface area (Å²) in [4.78, 5) is 10.5. The van der Waals surface area contributed by atoms with Crippen molar-refractivity contribution in [2.24, 2.45) is 5.92 Å². The zero-order valence-corrected chi connectivity index (χ0v) is 11.3. The summed E-state index contributed by atoms with van der Waals surface area (Å²) >= 11 is 5.74. The standard InChI is InChI=1S/C13H16ClNO4/c14-8-11-1-2-12(15(16)17)13(7-11)19-9-10-3-5-18-6-4-10/h1-2,7,10H,3-6,8-9H2. The minimum Gasteiger partial charge on any atom is -0.487 e. The Morgan fingerprint density at radius 3 is 2.79 bits per heavy atom. The average Bonchev–Trinajstić information content (AvgIpc) is 2.45. The highest BCUT2D eigenvalue weighted by molar-refractivity contribution is 6.17. The number of benzene rings is 1. The third-order valence-electron chi connectivity index (χ3n) is 3.19. The molecule has 1 aliphatic rings. The summed E-state index contributed by atoms with van der Waals surface area (Å²) in [6, 6.07) is 4.73. The lowest BCUT2D eigenvalue weighted by atomic mass is 10.0. The first-order valence-corrected chi connectivity index (χ1v) is 6.78. The van der Waals surface area contributed by atoms with Gasteiger partial charge in [-0.3, -0.25) is 10.1 Å². The molecule has 0 aliphatic carbocycles. The number of nitro benzene ring substituents is 1. The quantitative estimate of drug-likeness (QED) is 0.474. The maximum Gasteiger partial charge on any atom is 0.310 e. The molecule has 2 rings (SSSR count). The minimum atomic E-state index is -0.433. The van der Waals surface area contributed by atoms with Gasteiger partial charge in [0.25, 0.3) is 0 Å². The summed E-state index contributed by atoms with van der Waals surface area (Å²) in [7, 11) is 0. The second kappa shape index (κ2) is 6.73. The molecule has 1 aliphatic heterocycles. The van der Waals surface area contributed by atoms with Crippen LogP contribution in [0.3, 0.4) is 0 Å². The van der Waals surface area contributed by atoms with Crippen LogP contribution < -0.4 is 4.74 Å². The van der Waals surface area contributed by atoms with Crippen molar-refractivity contribution < 1.29 is 14.4 Å². The maximum absolute atomic E-state index is 10.9. The first kappa shape index (κ1) is 14.1. The second-order valence-corrected chi connectivity index (χ2v) is 4.83. The zero-order valence-electron chi connectivity index (χ0n) is 10.5. The summed E-state index contributed by atoms with van der Waals surface area (Å²) in [5, 5.41) is 10.9. The SMILES string of the molecule is O=[N+]([O-])c1ccc(CCl)cc1OCC1CCOCC1. The highest BCUT2D eigenvalue weighted by Gasteiger charge is 2.19. The summed E-state index contributed by atoms with van der Waals surface area (Å²) < 4.78 is 10.9. The van der Waals surface area contributed by atoms with Gasteiger partial charge in [0.05, 0.1) is 11.5 Å². The lowest BCUT2D eigenvalue weighted by molar-refractivity contribution is -0.385. The van der Waals surface area contributed by atoms with Crippen LogP contribution in [0.25, 0.3) is 0 Å². The number of rotatable bonds is 5. The summed E-state index contributed by atoms with van der Waals surface area (Å²) in [5.74, 6) is 1.01. The normalized spacial score (nSPS) is 16.3. The average molecular weight is 286 g/mol. The van der Waals surface area contributed by atoms with E-state index in [2.05, 4.69) is 0 Å². The van der Waals surface area contributed by atoms with Gasteiger partial charge in [-0.05, 0) is 30.4 Å². The van der Waals surface area contributed by atoms with Gasteiger partial charge in [-0.15, -0.1) is 11.6 Å². The third-order valence-corrected chi connectivity index (χ3v) is 3.50. The molecule has 19 heavy (non-hydrogen) atoms. The van der Waals surface area contributed by atoms with Crippen LogP contribution in [0.2, 0.25) is 0 Å². The van der Waals surface area contributed by atoms with Gasteiger partial charge in [0.15, 0.2) is 5.75 Å². The van der Waals surface area contributed by atoms with E-state index in [9.17, 15) is 10.1 Å². The van der Waals surface area contributed by atoms with E-state index >= 15 is 0 Å². The Morgan fingerprint density at radius 2 is 2.16 bits per heavy atom. The topological polar surface area (TPSA) is 61.6 Å². The molecule has 1 saturated heterocycles. The van der Waals surface area contributed by atoms with Crippen LogP contribution in [0.5, 0.6) is 5.75 Å². The van der Waals surface area contributed by atoms with Crippen LogP contribution in [0.4, 0.5) is 5.69 Å². The smallest absolute Gasteiger partial charge is 0.310 e. The fourth-order valence-corrected chi connectivity index (χ4v) is 2.20. The van der Waals surface area contributed by atoms with Gasteiger partial charge in [0, 0.05) is 25.2 Å². The predicted octanol–water partition coefficient (Wildman–Crippen LogP) is 3.14. The highest BCUT2D eigenvalue weighted by Crippen LogP contribution is 2.29. The van der Waals surface area contributed by atoms with E-state index in [1.54, 1.807) is 12.1 Å². The van der Waals surface area contributed by atoms with Crippen molar-refractivity contribution >= 4 is 17.3 Å². The number of nitro groups is 1. The van der Waals surface area contributed by atoms with Crippen LogP contribution in [0, 0.1) is 16.0 Å². The van der Waals surface area contributed by atoms with Crippen molar-refractivity contribution in [1.29, 1.82) is 0 Å². The molecule has 0 bridgehead atoms. The molecular weight excluding hydrogens is 270 g/mol. The van der Waals surface area contributed by atoms with E-state index in [1.165, 1.54) is 6.07 Å². The molecule has 1 fully saturated rings. The molecule has 0 saturated carbocycles. The number of hydrogen-bond donors (Lipinski definition) is 0. The van der Waals surface area contributed by atoms with E-state index < -0.39 is 4.92 Å². The molecular formula is C13H16ClNO4. The number of ether oxygens (including phenoxy) is 2. The van der Waals surface area contributed by atoms with Gasteiger partial charge in [0.1, 0.15) is 0 Å². The Morgan fingerprint density at radius 1 is 1.42 bits per heavy atom. The van der Waals surface area contributed by atoms with Gasteiger partial charge >= 0.3 is 5.69 Å². The monoisotopic (exact) mass is 285 g/mol. The van der Waals surface area contributed by atoms with Crippen LogP contribution in [0.1, 0.15) is 18.4 Å². The lowest BCUT2D eigenvalue weighted by Gasteiger charge is -2.22. The molecule has 104 valence electrons. The fourth-order valence-electron chi connectivity index (χ4n) is 2.03. The summed E-state index contributed by atoms with van der Waals surface area (Å²) in [5.41, 5.74) is 0.801. The molecule has 1 heterocycles. The van der Waals surface area contributed by atoms with E-state index in [4.69, 9.17) is 21.1 Å². The molecule has 1 aromatic carbocycles. The van der Waals surface area contributed by atoms with Gasteiger partial charge in [0.2, 0.25) is 0 Å². The van der Waals surface area contributed by atoms with Crippen molar-refractivity contribution in [3.05, 3.63) is 33.9 Å². The van der Waals surface area contributed by atoms with Gasteiger partial charge in [-0.1, -0.05) is 6.07 Å². The number of nitrogens with zero attached hydrogens (tertiary/aromatic N) is 1. The Hall–Kier alpha value is -1.33. The molecule has 6 heteroatoms. The fraction of sp³-hybridized carbons (Fsp3) is 0.538. The van der Waals surface area contributed by atoms with Crippen LogP contribution >= 0.6 is 11.6 Å². The van der Waals surface area contributed by atoms with E-state index in [0.717, 1.165) is 31.6 Å². The lowest BCUT2D eigenvalue weighted by Crippen LogP contribution is -2.21. The van der Waals surface area contributed by atoms with Crippen LogP contribution in [0.15, 0.2) is 18.2 Å². The number of hydrogen-bond acceptors (Lipinski definition) is 4. The van der Waals surface area contributed by atoms with Gasteiger partial charge in [-0.2, -0.15) is 0 Å². The second-order valence-electron chi connectivity index (χ2n) is 4.56. The molecule has 0 atom stereocenters. The molecule has 5 nitrogen and oxygen atoms in total. The molecule has 0 unspecified atom stereocenters. The van der Waals surface area contributed by atoms with Gasteiger partial charge < -0.3 is 9.47 Å². The van der Waals surface area contributed by atoms with Crippen molar-refractivity contribution in [2.75, 3.05) is 19.8 Å². The molecule has 1 aromatic rings. The van der Waals surface area contributed by atoms with Crippen molar-refractivity contribution in [2.45, 2.75) is 18.7 Å². The zero-order chi connectivity index (χ0) is 13.7. The Bertz CT molecular complexity index is 446. The largest absolute Gasteiger partial charge is 0.487 e. The highest BCUT2D eigenvalue weighted by atomic mass is 35.5. The van der Waals surface area contributed by atoms with E-state index in [-0.39, 0.29) is 5.69 Å². The Balaban J connectivity index is 2.06. The number of halogens is 1. The van der Waals surface area contributed by atoms with E-state index in [0.29, 0.717) is 24.2 Å². The minimum absolute atomic E-state index is 0.0130. The van der Waals surface area contributed by atoms with Crippen molar-refractivity contribution in [3.63, 3.8) is 0 Å². The molecule has 0 amide bonds. The molecule has 0 radical (unpaired) electrons. The maximum atomic E-state index is 10.9.